The van der Waals surface area contributed by atoms with Crippen LogP contribution in [0.2, 0.25) is 0 Å². The highest BCUT2D eigenvalue weighted by molar-refractivity contribution is 5.30. The second-order valence-electron chi connectivity index (χ2n) is 5.70. The van der Waals surface area contributed by atoms with E-state index in [1.54, 1.807) is 12.1 Å². The number of benzene rings is 1. The summed E-state index contributed by atoms with van der Waals surface area (Å²) in [6.07, 6.45) is 0.908. The molecular weight excluding hydrogens is 186 g/mol. The maximum absolute atomic E-state index is 9.21. The van der Waals surface area contributed by atoms with Crippen molar-refractivity contribution in [3.05, 3.63) is 29.8 Å². The molecule has 0 radical (unpaired) electrons. The summed E-state index contributed by atoms with van der Waals surface area (Å²) >= 11 is 0. The summed E-state index contributed by atoms with van der Waals surface area (Å²) in [5.74, 6) is 0.283. The molecule has 1 aromatic carbocycles. The van der Waals surface area contributed by atoms with Gasteiger partial charge in [0, 0.05) is 5.54 Å². The van der Waals surface area contributed by atoms with Crippen LogP contribution in [0.4, 0.5) is 0 Å². The van der Waals surface area contributed by atoms with Crippen molar-refractivity contribution in [3.63, 3.8) is 0 Å². The average molecular weight is 207 g/mol. The predicted molar refractivity (Wildman–Crippen MR) is 63.7 cm³/mol. The number of nitrogens with two attached hydrogens (primary N) is 1. The predicted octanol–water partition coefficient (Wildman–Crippen LogP) is 3.00. The first-order valence-corrected chi connectivity index (χ1v) is 5.29. The standard InChI is InChI=1S/C13H21NO/c1-12(2,3)9-13(4,14)10-5-7-11(15)8-6-10/h5-8,15H,9,14H2,1-4H3. The molecule has 0 aliphatic heterocycles. The third kappa shape index (κ3) is 3.56. The van der Waals surface area contributed by atoms with Crippen molar-refractivity contribution in [2.75, 3.05) is 0 Å². The van der Waals surface area contributed by atoms with Crippen LogP contribution in [-0.4, -0.2) is 5.11 Å². The van der Waals surface area contributed by atoms with E-state index in [4.69, 9.17) is 5.73 Å². The van der Waals surface area contributed by atoms with Gasteiger partial charge in [0.25, 0.3) is 0 Å². The van der Waals surface area contributed by atoms with E-state index in [0.717, 1.165) is 12.0 Å². The van der Waals surface area contributed by atoms with Crippen LogP contribution < -0.4 is 5.73 Å². The first-order chi connectivity index (χ1) is 6.71. The van der Waals surface area contributed by atoms with Crippen molar-refractivity contribution in [1.29, 1.82) is 0 Å². The van der Waals surface area contributed by atoms with Gasteiger partial charge in [-0.25, -0.2) is 0 Å². The lowest BCUT2D eigenvalue weighted by Crippen LogP contribution is -2.37. The van der Waals surface area contributed by atoms with E-state index in [-0.39, 0.29) is 16.7 Å². The van der Waals surface area contributed by atoms with Crippen molar-refractivity contribution < 1.29 is 5.11 Å². The second-order valence-corrected chi connectivity index (χ2v) is 5.70. The number of phenolic OH excluding ortho intramolecular Hbond substituents is 1. The van der Waals surface area contributed by atoms with Crippen LogP contribution in [0.1, 0.15) is 39.7 Å². The third-order valence-corrected chi connectivity index (χ3v) is 2.42. The molecule has 0 amide bonds. The quantitative estimate of drug-likeness (QED) is 0.783. The van der Waals surface area contributed by atoms with E-state index in [1.165, 1.54) is 0 Å². The lowest BCUT2D eigenvalue weighted by Gasteiger charge is -2.32. The number of hydrogen-bond donors (Lipinski definition) is 2. The Morgan fingerprint density at radius 2 is 1.53 bits per heavy atom. The fraction of sp³-hybridized carbons (Fsp3) is 0.538. The average Bonchev–Trinajstić information content (AvgIpc) is 2.00. The van der Waals surface area contributed by atoms with Gasteiger partial charge >= 0.3 is 0 Å². The Balaban J connectivity index is 2.90. The van der Waals surface area contributed by atoms with Crippen molar-refractivity contribution in [3.8, 4) is 5.75 Å². The Hall–Kier alpha value is -1.02. The van der Waals surface area contributed by atoms with Crippen LogP contribution in [0.15, 0.2) is 24.3 Å². The second kappa shape index (κ2) is 3.86. The van der Waals surface area contributed by atoms with Crippen molar-refractivity contribution in [2.24, 2.45) is 11.1 Å². The molecule has 0 bridgehead atoms. The van der Waals surface area contributed by atoms with Gasteiger partial charge in [-0.15, -0.1) is 0 Å². The van der Waals surface area contributed by atoms with Gasteiger partial charge in [0.05, 0.1) is 0 Å². The Kier molecular flexibility index (Phi) is 3.10. The van der Waals surface area contributed by atoms with Gasteiger partial charge in [0.2, 0.25) is 0 Å². The van der Waals surface area contributed by atoms with Crippen LogP contribution in [0.25, 0.3) is 0 Å². The van der Waals surface area contributed by atoms with Crippen LogP contribution in [0.5, 0.6) is 5.75 Å². The molecule has 0 heterocycles. The summed E-state index contributed by atoms with van der Waals surface area (Å²) in [5.41, 5.74) is 7.21. The summed E-state index contributed by atoms with van der Waals surface area (Å²) in [7, 11) is 0. The Morgan fingerprint density at radius 1 is 1.07 bits per heavy atom. The van der Waals surface area contributed by atoms with Gasteiger partial charge in [-0.3, -0.25) is 0 Å². The molecular formula is C13H21NO. The first kappa shape index (κ1) is 12.1. The minimum Gasteiger partial charge on any atom is -0.508 e. The zero-order valence-electron chi connectivity index (χ0n) is 10.0. The minimum absolute atomic E-state index is 0.196. The van der Waals surface area contributed by atoms with Gasteiger partial charge in [-0.1, -0.05) is 32.9 Å². The zero-order valence-corrected chi connectivity index (χ0v) is 10.0. The van der Waals surface area contributed by atoms with Gasteiger partial charge in [-0.2, -0.15) is 0 Å². The van der Waals surface area contributed by atoms with Gasteiger partial charge in [-0.05, 0) is 36.5 Å². The van der Waals surface area contributed by atoms with Crippen molar-refractivity contribution in [2.45, 2.75) is 39.7 Å². The molecule has 15 heavy (non-hydrogen) atoms. The van der Waals surface area contributed by atoms with Crippen molar-refractivity contribution >= 4 is 0 Å². The normalized spacial score (nSPS) is 16.1. The third-order valence-electron chi connectivity index (χ3n) is 2.42. The summed E-state index contributed by atoms with van der Waals surface area (Å²) < 4.78 is 0. The van der Waals surface area contributed by atoms with E-state index in [1.807, 2.05) is 19.1 Å². The smallest absolute Gasteiger partial charge is 0.115 e. The van der Waals surface area contributed by atoms with Crippen molar-refractivity contribution in [1.82, 2.24) is 0 Å². The summed E-state index contributed by atoms with van der Waals surface area (Å²) in [6, 6.07) is 7.15. The molecule has 2 nitrogen and oxygen atoms in total. The minimum atomic E-state index is -0.341. The van der Waals surface area contributed by atoms with Crippen LogP contribution in [0.3, 0.4) is 0 Å². The fourth-order valence-corrected chi connectivity index (χ4v) is 2.05. The number of phenols is 1. The molecule has 0 spiro atoms. The summed E-state index contributed by atoms with van der Waals surface area (Å²) in [4.78, 5) is 0. The van der Waals surface area contributed by atoms with Gasteiger partial charge < -0.3 is 10.8 Å². The first-order valence-electron chi connectivity index (χ1n) is 5.29. The molecule has 84 valence electrons. The summed E-state index contributed by atoms with van der Waals surface area (Å²) in [5, 5.41) is 9.21. The highest BCUT2D eigenvalue weighted by Crippen LogP contribution is 2.32. The molecule has 0 aromatic heterocycles. The molecule has 3 N–H and O–H groups in total. The van der Waals surface area contributed by atoms with E-state index in [0.29, 0.717) is 0 Å². The Bertz CT molecular complexity index is 319. The molecule has 0 saturated carbocycles. The fourth-order valence-electron chi connectivity index (χ4n) is 2.05. The maximum atomic E-state index is 9.21. The number of aromatic hydroxyl groups is 1. The number of rotatable bonds is 2. The SMILES string of the molecule is CC(C)(C)CC(C)(N)c1ccc(O)cc1. The van der Waals surface area contributed by atoms with E-state index < -0.39 is 0 Å². The highest BCUT2D eigenvalue weighted by Gasteiger charge is 2.27. The molecule has 0 aliphatic rings. The van der Waals surface area contributed by atoms with E-state index >= 15 is 0 Å². The molecule has 1 aromatic rings. The van der Waals surface area contributed by atoms with Crippen LogP contribution >= 0.6 is 0 Å². The lowest BCUT2D eigenvalue weighted by atomic mass is 9.77. The molecule has 1 atom stereocenters. The lowest BCUT2D eigenvalue weighted by molar-refractivity contribution is 0.273. The molecule has 2 heteroatoms. The molecule has 0 aliphatic carbocycles. The van der Waals surface area contributed by atoms with E-state index in [2.05, 4.69) is 20.8 Å². The summed E-state index contributed by atoms with van der Waals surface area (Å²) in [6.45, 7) is 8.57. The van der Waals surface area contributed by atoms with Gasteiger partial charge in [0.1, 0.15) is 5.75 Å². The molecule has 1 unspecified atom stereocenters. The highest BCUT2D eigenvalue weighted by atomic mass is 16.3. The molecule has 1 rings (SSSR count). The monoisotopic (exact) mass is 207 g/mol. The van der Waals surface area contributed by atoms with Gasteiger partial charge in [0.15, 0.2) is 0 Å². The van der Waals surface area contributed by atoms with E-state index in [9.17, 15) is 5.11 Å². The Labute approximate surface area is 92.1 Å². The Morgan fingerprint density at radius 3 is 1.93 bits per heavy atom. The van der Waals surface area contributed by atoms with Crippen LogP contribution in [-0.2, 0) is 5.54 Å². The zero-order chi connectivity index (χ0) is 11.7. The largest absolute Gasteiger partial charge is 0.508 e. The maximum Gasteiger partial charge on any atom is 0.115 e. The van der Waals surface area contributed by atoms with Crippen LogP contribution in [0, 0.1) is 5.41 Å². The molecule has 0 fully saturated rings. The molecule has 0 saturated heterocycles. The number of hydrogen-bond acceptors (Lipinski definition) is 2. The topological polar surface area (TPSA) is 46.2 Å².